The van der Waals surface area contributed by atoms with Gasteiger partial charge in [-0.15, -0.1) is 0 Å². The molecule has 0 radical (unpaired) electrons. The second-order valence-corrected chi connectivity index (χ2v) is 5.25. The van der Waals surface area contributed by atoms with Crippen LogP contribution in [-0.4, -0.2) is 59.1 Å². The number of amides is 2. The van der Waals surface area contributed by atoms with Crippen molar-refractivity contribution < 1.29 is 14.7 Å². The van der Waals surface area contributed by atoms with E-state index in [1.54, 1.807) is 9.80 Å². The molecule has 0 spiro atoms. The molecule has 6 heteroatoms. The van der Waals surface area contributed by atoms with E-state index in [1.165, 1.54) is 0 Å². The van der Waals surface area contributed by atoms with Crippen LogP contribution in [0.15, 0.2) is 0 Å². The SMILES string of the molecule is NC1CCCN(C(=O)N2CCC[C@H](C(=O)O)C2)C1. The number of aliphatic carboxylic acids is 1. The predicted molar refractivity (Wildman–Crippen MR) is 66.1 cm³/mol. The van der Waals surface area contributed by atoms with Gasteiger partial charge in [0.2, 0.25) is 0 Å². The summed E-state index contributed by atoms with van der Waals surface area (Å²) in [6, 6.07) is 0.0128. The van der Waals surface area contributed by atoms with Crippen LogP contribution in [0.5, 0.6) is 0 Å². The van der Waals surface area contributed by atoms with Crippen LogP contribution in [-0.2, 0) is 4.79 Å². The van der Waals surface area contributed by atoms with Crippen LogP contribution in [0.4, 0.5) is 4.79 Å². The van der Waals surface area contributed by atoms with Gasteiger partial charge in [0, 0.05) is 32.2 Å². The summed E-state index contributed by atoms with van der Waals surface area (Å²) in [6.07, 6.45) is 3.33. The van der Waals surface area contributed by atoms with Crippen molar-refractivity contribution in [1.29, 1.82) is 0 Å². The zero-order valence-corrected chi connectivity index (χ0v) is 10.5. The largest absolute Gasteiger partial charge is 0.481 e. The third-order valence-corrected chi connectivity index (χ3v) is 3.77. The number of rotatable bonds is 1. The summed E-state index contributed by atoms with van der Waals surface area (Å²) in [5.41, 5.74) is 5.86. The zero-order chi connectivity index (χ0) is 13.1. The van der Waals surface area contributed by atoms with Crippen LogP contribution < -0.4 is 5.73 Å². The van der Waals surface area contributed by atoms with Gasteiger partial charge in [-0.3, -0.25) is 4.79 Å². The Labute approximate surface area is 107 Å². The van der Waals surface area contributed by atoms with E-state index in [2.05, 4.69) is 0 Å². The fourth-order valence-corrected chi connectivity index (χ4v) is 2.74. The van der Waals surface area contributed by atoms with E-state index in [1.807, 2.05) is 0 Å². The lowest BCUT2D eigenvalue weighted by Crippen LogP contribution is -2.53. The molecular weight excluding hydrogens is 234 g/mol. The molecule has 2 saturated heterocycles. The molecule has 2 aliphatic heterocycles. The van der Waals surface area contributed by atoms with E-state index < -0.39 is 11.9 Å². The quantitative estimate of drug-likeness (QED) is 0.706. The smallest absolute Gasteiger partial charge is 0.320 e. The summed E-state index contributed by atoms with van der Waals surface area (Å²) in [6.45, 7) is 2.32. The van der Waals surface area contributed by atoms with Gasteiger partial charge in [0.1, 0.15) is 0 Å². The molecule has 3 N–H and O–H groups in total. The maximum Gasteiger partial charge on any atom is 0.320 e. The van der Waals surface area contributed by atoms with E-state index in [-0.39, 0.29) is 12.1 Å². The minimum absolute atomic E-state index is 0.0453. The highest BCUT2D eigenvalue weighted by atomic mass is 16.4. The highest BCUT2D eigenvalue weighted by molar-refractivity contribution is 5.76. The number of likely N-dealkylation sites (tertiary alicyclic amines) is 2. The van der Waals surface area contributed by atoms with Gasteiger partial charge in [-0.1, -0.05) is 0 Å². The summed E-state index contributed by atoms with van der Waals surface area (Å²) in [5, 5.41) is 9.02. The van der Waals surface area contributed by atoms with E-state index >= 15 is 0 Å². The minimum Gasteiger partial charge on any atom is -0.481 e. The van der Waals surface area contributed by atoms with Crippen LogP contribution in [0.1, 0.15) is 25.7 Å². The lowest BCUT2D eigenvalue weighted by Gasteiger charge is -2.38. The molecule has 2 heterocycles. The zero-order valence-electron chi connectivity index (χ0n) is 10.5. The fraction of sp³-hybridized carbons (Fsp3) is 0.833. The van der Waals surface area contributed by atoms with Crippen LogP contribution >= 0.6 is 0 Å². The van der Waals surface area contributed by atoms with Crippen LogP contribution in [0, 0.1) is 5.92 Å². The van der Waals surface area contributed by atoms with Gasteiger partial charge in [0.25, 0.3) is 0 Å². The Morgan fingerprint density at radius 2 is 1.67 bits per heavy atom. The van der Waals surface area contributed by atoms with Crippen molar-refractivity contribution in [3.8, 4) is 0 Å². The van der Waals surface area contributed by atoms with E-state index in [9.17, 15) is 9.59 Å². The molecule has 18 heavy (non-hydrogen) atoms. The number of carboxylic acid groups (broad SMARTS) is 1. The predicted octanol–water partition coefficient (Wildman–Crippen LogP) is 0.326. The van der Waals surface area contributed by atoms with Gasteiger partial charge < -0.3 is 20.6 Å². The molecule has 2 fully saturated rings. The average molecular weight is 255 g/mol. The highest BCUT2D eigenvalue weighted by Gasteiger charge is 2.31. The van der Waals surface area contributed by atoms with E-state index in [0.717, 1.165) is 25.8 Å². The van der Waals surface area contributed by atoms with Gasteiger partial charge in [-0.05, 0) is 25.7 Å². The van der Waals surface area contributed by atoms with E-state index in [4.69, 9.17) is 10.8 Å². The molecule has 102 valence electrons. The molecule has 6 nitrogen and oxygen atoms in total. The number of piperidine rings is 2. The van der Waals surface area contributed by atoms with Gasteiger partial charge in [-0.25, -0.2) is 4.79 Å². The summed E-state index contributed by atoms with van der Waals surface area (Å²) >= 11 is 0. The van der Waals surface area contributed by atoms with Crippen molar-refractivity contribution in [1.82, 2.24) is 9.80 Å². The summed E-state index contributed by atoms with van der Waals surface area (Å²) in [4.78, 5) is 26.7. The first-order valence-corrected chi connectivity index (χ1v) is 6.60. The molecular formula is C12H21N3O3. The number of carbonyl (C=O) groups is 2. The molecule has 2 aliphatic rings. The van der Waals surface area contributed by atoms with Crippen molar-refractivity contribution >= 4 is 12.0 Å². The van der Waals surface area contributed by atoms with Crippen molar-refractivity contribution in [2.45, 2.75) is 31.7 Å². The molecule has 1 unspecified atom stereocenters. The summed E-state index contributed by atoms with van der Waals surface area (Å²) in [7, 11) is 0. The number of hydrogen-bond acceptors (Lipinski definition) is 3. The first-order valence-electron chi connectivity index (χ1n) is 6.60. The monoisotopic (exact) mass is 255 g/mol. The Kier molecular flexibility index (Phi) is 4.06. The maximum absolute atomic E-state index is 12.3. The molecule has 0 aromatic rings. The van der Waals surface area contributed by atoms with Gasteiger partial charge >= 0.3 is 12.0 Å². The molecule has 0 saturated carbocycles. The molecule has 2 rings (SSSR count). The number of hydrogen-bond donors (Lipinski definition) is 2. The van der Waals surface area contributed by atoms with Crippen molar-refractivity contribution in [2.75, 3.05) is 26.2 Å². The molecule has 2 amide bonds. The third-order valence-electron chi connectivity index (χ3n) is 3.77. The minimum atomic E-state index is -0.803. The molecule has 0 aromatic carbocycles. The highest BCUT2D eigenvalue weighted by Crippen LogP contribution is 2.19. The van der Waals surface area contributed by atoms with Gasteiger partial charge in [-0.2, -0.15) is 0 Å². The number of nitrogens with two attached hydrogens (primary N) is 1. The van der Waals surface area contributed by atoms with Crippen LogP contribution in [0.3, 0.4) is 0 Å². The Hall–Kier alpha value is -1.30. The first-order chi connectivity index (χ1) is 8.58. The normalized spacial score (nSPS) is 29.2. The van der Waals surface area contributed by atoms with Crippen molar-refractivity contribution in [3.05, 3.63) is 0 Å². The molecule has 2 atom stereocenters. The first kappa shape index (κ1) is 13.1. The fourth-order valence-electron chi connectivity index (χ4n) is 2.74. The number of nitrogens with zero attached hydrogens (tertiary/aromatic N) is 2. The second-order valence-electron chi connectivity index (χ2n) is 5.25. The van der Waals surface area contributed by atoms with Crippen molar-refractivity contribution in [3.63, 3.8) is 0 Å². The lowest BCUT2D eigenvalue weighted by atomic mass is 9.98. The van der Waals surface area contributed by atoms with Crippen LogP contribution in [0.2, 0.25) is 0 Å². The Balaban J connectivity index is 1.93. The third kappa shape index (κ3) is 2.93. The lowest BCUT2D eigenvalue weighted by molar-refractivity contribution is -0.143. The summed E-state index contributed by atoms with van der Waals surface area (Å²) in [5.74, 6) is -1.22. The molecule has 0 aliphatic carbocycles. The Morgan fingerprint density at radius 1 is 1.06 bits per heavy atom. The number of urea groups is 1. The average Bonchev–Trinajstić information content (AvgIpc) is 2.38. The van der Waals surface area contributed by atoms with Crippen molar-refractivity contribution in [2.24, 2.45) is 11.7 Å². The second kappa shape index (κ2) is 5.56. The maximum atomic E-state index is 12.3. The van der Waals surface area contributed by atoms with E-state index in [0.29, 0.717) is 26.1 Å². The van der Waals surface area contributed by atoms with Crippen LogP contribution in [0.25, 0.3) is 0 Å². The number of carboxylic acids is 1. The Morgan fingerprint density at radius 3 is 2.28 bits per heavy atom. The molecule has 0 aromatic heterocycles. The molecule has 0 bridgehead atoms. The standard InChI is InChI=1S/C12H21N3O3/c13-10-4-2-6-15(8-10)12(18)14-5-1-3-9(7-14)11(16)17/h9-10H,1-8,13H2,(H,16,17)/t9-,10?/m0/s1. The Bertz CT molecular complexity index is 335. The topological polar surface area (TPSA) is 86.9 Å². The number of carbonyl (C=O) groups excluding carboxylic acids is 1. The van der Waals surface area contributed by atoms with Gasteiger partial charge in [0.15, 0.2) is 0 Å². The van der Waals surface area contributed by atoms with Gasteiger partial charge in [0.05, 0.1) is 5.92 Å². The summed E-state index contributed by atoms with van der Waals surface area (Å²) < 4.78 is 0.